The third-order valence-electron chi connectivity index (χ3n) is 3.41. The van der Waals surface area contributed by atoms with E-state index < -0.39 is 0 Å². The first-order valence-corrected chi connectivity index (χ1v) is 7.06. The van der Waals surface area contributed by atoms with E-state index in [0.717, 1.165) is 28.2 Å². The fraction of sp³-hybridized carbons (Fsp3) is 0.125. The smallest absolute Gasteiger partial charge is 0.168 e. The highest BCUT2D eigenvalue weighted by Crippen LogP contribution is 2.25. The Morgan fingerprint density at radius 3 is 2.81 bits per heavy atom. The Morgan fingerprint density at radius 1 is 1.24 bits per heavy atom. The molecule has 3 N–H and O–H groups in total. The Bertz CT molecular complexity index is 835. The molecule has 4 nitrogen and oxygen atoms in total. The second kappa shape index (κ2) is 5.18. The highest BCUT2D eigenvalue weighted by Gasteiger charge is 2.07. The first-order valence-electron chi connectivity index (χ1n) is 6.66. The number of benzene rings is 1. The molecule has 0 atom stereocenters. The zero-order chi connectivity index (χ0) is 15.0. The molecule has 0 saturated heterocycles. The molecule has 0 aliphatic heterocycles. The van der Waals surface area contributed by atoms with E-state index in [1.807, 2.05) is 35.9 Å². The van der Waals surface area contributed by atoms with Gasteiger partial charge >= 0.3 is 0 Å². The van der Waals surface area contributed by atoms with Gasteiger partial charge in [0, 0.05) is 23.6 Å². The number of imidazole rings is 1. The van der Waals surface area contributed by atoms with Crippen LogP contribution in [0.3, 0.4) is 0 Å². The number of aromatic nitrogens is 2. The van der Waals surface area contributed by atoms with Crippen LogP contribution in [-0.2, 0) is 0 Å². The fourth-order valence-corrected chi connectivity index (χ4v) is 2.38. The minimum Gasteiger partial charge on any atom is -0.376 e. The maximum Gasteiger partial charge on any atom is 0.168 e. The largest absolute Gasteiger partial charge is 0.376 e. The molecule has 0 unspecified atom stereocenters. The van der Waals surface area contributed by atoms with E-state index in [2.05, 4.69) is 35.4 Å². The molecule has 0 saturated carbocycles. The summed E-state index contributed by atoms with van der Waals surface area (Å²) in [7, 11) is 0. The summed E-state index contributed by atoms with van der Waals surface area (Å²) in [6, 6.07) is 10.2. The van der Waals surface area contributed by atoms with Crippen LogP contribution < -0.4 is 11.1 Å². The maximum atomic E-state index is 5.56. The zero-order valence-corrected chi connectivity index (χ0v) is 12.7. The summed E-state index contributed by atoms with van der Waals surface area (Å²) >= 11 is 4.91. The van der Waals surface area contributed by atoms with Crippen LogP contribution in [0.5, 0.6) is 0 Å². The van der Waals surface area contributed by atoms with Crippen LogP contribution in [0.4, 0.5) is 5.69 Å². The van der Waals surface area contributed by atoms with Crippen molar-refractivity contribution in [2.24, 2.45) is 5.73 Å². The van der Waals surface area contributed by atoms with Gasteiger partial charge in [-0.25, -0.2) is 4.98 Å². The topological polar surface area (TPSA) is 55.3 Å². The normalized spacial score (nSPS) is 10.8. The molecule has 2 aromatic heterocycles. The monoisotopic (exact) mass is 296 g/mol. The summed E-state index contributed by atoms with van der Waals surface area (Å²) in [6.45, 7) is 4.07. The standard InChI is InChI=1S/C16H16N4S/c1-10-5-6-20-9-14(18-15(20)7-10)12-4-3-11(2)13(8-12)19-16(17)21/h3-9H,1-2H3,(H3,17,19,21). The minimum atomic E-state index is 0.265. The van der Waals surface area contributed by atoms with Crippen molar-refractivity contribution in [3.05, 3.63) is 53.9 Å². The van der Waals surface area contributed by atoms with Crippen LogP contribution in [0.1, 0.15) is 11.1 Å². The number of anilines is 1. The predicted molar refractivity (Wildman–Crippen MR) is 90.5 cm³/mol. The fourth-order valence-electron chi connectivity index (χ4n) is 2.27. The Balaban J connectivity index is 2.07. The van der Waals surface area contributed by atoms with E-state index in [0.29, 0.717) is 0 Å². The van der Waals surface area contributed by atoms with E-state index >= 15 is 0 Å². The van der Waals surface area contributed by atoms with Crippen LogP contribution in [0.2, 0.25) is 0 Å². The summed E-state index contributed by atoms with van der Waals surface area (Å²) in [6.07, 6.45) is 4.04. The number of pyridine rings is 1. The number of rotatable bonds is 2. The lowest BCUT2D eigenvalue weighted by molar-refractivity contribution is 1.17. The maximum absolute atomic E-state index is 5.56. The average Bonchev–Trinajstić information content (AvgIpc) is 2.83. The van der Waals surface area contributed by atoms with E-state index in [-0.39, 0.29) is 5.11 Å². The molecular weight excluding hydrogens is 280 g/mol. The molecule has 0 aliphatic rings. The number of nitrogens with two attached hydrogens (primary N) is 1. The summed E-state index contributed by atoms with van der Waals surface area (Å²) in [5.41, 5.74) is 11.6. The Morgan fingerprint density at radius 2 is 2.05 bits per heavy atom. The third kappa shape index (κ3) is 2.73. The number of fused-ring (bicyclic) bond motifs is 1. The lowest BCUT2D eigenvalue weighted by atomic mass is 10.1. The molecule has 3 aromatic rings. The Kier molecular flexibility index (Phi) is 3.35. The molecule has 0 aliphatic carbocycles. The van der Waals surface area contributed by atoms with Crippen molar-refractivity contribution in [1.82, 2.24) is 9.38 Å². The van der Waals surface area contributed by atoms with Crippen molar-refractivity contribution in [2.75, 3.05) is 5.32 Å². The number of nitrogens with zero attached hydrogens (tertiary/aromatic N) is 2. The lowest BCUT2D eigenvalue weighted by Gasteiger charge is -2.09. The molecule has 0 bridgehead atoms. The van der Waals surface area contributed by atoms with Crippen LogP contribution >= 0.6 is 12.2 Å². The zero-order valence-electron chi connectivity index (χ0n) is 11.9. The van der Waals surface area contributed by atoms with Crippen LogP contribution in [-0.4, -0.2) is 14.5 Å². The van der Waals surface area contributed by atoms with Gasteiger partial charge in [-0.3, -0.25) is 0 Å². The molecule has 0 fully saturated rings. The van der Waals surface area contributed by atoms with Crippen molar-refractivity contribution in [3.8, 4) is 11.3 Å². The van der Waals surface area contributed by atoms with Crippen molar-refractivity contribution >= 4 is 28.7 Å². The molecule has 0 radical (unpaired) electrons. The molecule has 0 amide bonds. The average molecular weight is 296 g/mol. The van der Waals surface area contributed by atoms with Crippen LogP contribution in [0, 0.1) is 13.8 Å². The van der Waals surface area contributed by atoms with Gasteiger partial charge in [-0.1, -0.05) is 12.1 Å². The number of hydrogen-bond acceptors (Lipinski definition) is 2. The van der Waals surface area contributed by atoms with Gasteiger partial charge < -0.3 is 15.5 Å². The number of nitrogens with one attached hydrogen (secondary N) is 1. The first-order chi connectivity index (χ1) is 10.0. The van der Waals surface area contributed by atoms with Crippen LogP contribution in [0.15, 0.2) is 42.7 Å². The molecule has 106 valence electrons. The van der Waals surface area contributed by atoms with Gasteiger partial charge in [0.25, 0.3) is 0 Å². The summed E-state index contributed by atoms with van der Waals surface area (Å²) in [5.74, 6) is 0. The van der Waals surface area contributed by atoms with Crippen molar-refractivity contribution in [1.29, 1.82) is 0 Å². The molecule has 2 heterocycles. The SMILES string of the molecule is Cc1ccn2cc(-c3ccc(C)c(NC(N)=S)c3)nc2c1. The van der Waals surface area contributed by atoms with Crippen molar-refractivity contribution in [2.45, 2.75) is 13.8 Å². The third-order valence-corrected chi connectivity index (χ3v) is 3.51. The van der Waals surface area contributed by atoms with Gasteiger partial charge in [0.15, 0.2) is 5.11 Å². The predicted octanol–water partition coefficient (Wildman–Crippen LogP) is 3.27. The molecular formula is C16H16N4S. The number of hydrogen-bond donors (Lipinski definition) is 2. The highest BCUT2D eigenvalue weighted by molar-refractivity contribution is 7.80. The molecule has 3 rings (SSSR count). The quantitative estimate of drug-likeness (QED) is 0.713. The number of thiocarbonyl (C=S) groups is 1. The van der Waals surface area contributed by atoms with E-state index in [9.17, 15) is 0 Å². The second-order valence-electron chi connectivity index (χ2n) is 5.11. The Labute approximate surface area is 128 Å². The van der Waals surface area contributed by atoms with Crippen LogP contribution in [0.25, 0.3) is 16.9 Å². The van der Waals surface area contributed by atoms with E-state index in [1.54, 1.807) is 0 Å². The van der Waals surface area contributed by atoms with Crippen molar-refractivity contribution in [3.63, 3.8) is 0 Å². The van der Waals surface area contributed by atoms with E-state index in [4.69, 9.17) is 18.0 Å². The van der Waals surface area contributed by atoms with Gasteiger partial charge in [-0.2, -0.15) is 0 Å². The van der Waals surface area contributed by atoms with Gasteiger partial charge in [-0.15, -0.1) is 0 Å². The second-order valence-corrected chi connectivity index (χ2v) is 5.55. The molecule has 1 aromatic carbocycles. The molecule has 21 heavy (non-hydrogen) atoms. The Hall–Kier alpha value is -2.40. The molecule has 5 heteroatoms. The lowest BCUT2D eigenvalue weighted by Crippen LogP contribution is -2.19. The number of aryl methyl sites for hydroxylation is 2. The molecule has 0 spiro atoms. The summed E-state index contributed by atoms with van der Waals surface area (Å²) in [4.78, 5) is 4.66. The van der Waals surface area contributed by atoms with Crippen molar-refractivity contribution < 1.29 is 0 Å². The van der Waals surface area contributed by atoms with E-state index in [1.165, 1.54) is 5.56 Å². The summed E-state index contributed by atoms with van der Waals surface area (Å²) in [5, 5.41) is 3.27. The van der Waals surface area contributed by atoms with Gasteiger partial charge in [0.2, 0.25) is 0 Å². The summed E-state index contributed by atoms with van der Waals surface area (Å²) < 4.78 is 2.02. The van der Waals surface area contributed by atoms with Gasteiger partial charge in [0.05, 0.1) is 5.69 Å². The highest BCUT2D eigenvalue weighted by atomic mass is 32.1. The van der Waals surface area contributed by atoms with Gasteiger partial charge in [0.1, 0.15) is 5.65 Å². The first kappa shape index (κ1) is 13.6. The van der Waals surface area contributed by atoms with Gasteiger partial charge in [-0.05, 0) is 55.4 Å². The minimum absolute atomic E-state index is 0.265.